The molecule has 29 heavy (non-hydrogen) atoms. The summed E-state index contributed by atoms with van der Waals surface area (Å²) >= 11 is 0. The van der Waals surface area contributed by atoms with E-state index in [1.807, 2.05) is 57.2 Å². The molecule has 6 heteroatoms. The summed E-state index contributed by atoms with van der Waals surface area (Å²) in [6.07, 6.45) is -1.65. The molecule has 1 heterocycles. The predicted octanol–water partition coefficient (Wildman–Crippen LogP) is 4.20. The number of Topliss-reactive ketones (excluding diaryl/α,β-unsaturated/α-hetero) is 1. The highest BCUT2D eigenvalue weighted by Crippen LogP contribution is 2.34. The number of carbonyl (C=O) groups excluding carboxylic acids is 3. The van der Waals surface area contributed by atoms with Crippen LogP contribution in [0.1, 0.15) is 43.1 Å². The molecule has 0 aromatic heterocycles. The van der Waals surface area contributed by atoms with E-state index in [1.54, 1.807) is 24.3 Å². The van der Waals surface area contributed by atoms with E-state index < -0.39 is 29.7 Å². The molecule has 1 saturated heterocycles. The Hall–Kier alpha value is -3.15. The van der Waals surface area contributed by atoms with Crippen molar-refractivity contribution in [2.45, 2.75) is 46.1 Å². The molecule has 0 saturated carbocycles. The summed E-state index contributed by atoms with van der Waals surface area (Å²) < 4.78 is 10.9. The highest BCUT2D eigenvalue weighted by Gasteiger charge is 2.51. The minimum Gasteiger partial charge on any atom is -0.444 e. The standard InChI is InChI=1S/C23H25NO5/c1-23(2,3)21-24(22(27)28-15-16-10-6-4-7-11-16)18(20(26)29-21)14-19(25)17-12-8-5-9-13-17/h4-13,18,21H,14-15H2,1-3H3/t18-,21+/m0/s1. The van der Waals surface area contributed by atoms with E-state index in [2.05, 4.69) is 0 Å². The number of hydrogen-bond acceptors (Lipinski definition) is 5. The zero-order valence-corrected chi connectivity index (χ0v) is 16.8. The molecule has 1 aliphatic rings. The quantitative estimate of drug-likeness (QED) is 0.560. The van der Waals surface area contributed by atoms with Gasteiger partial charge in [-0.3, -0.25) is 9.69 Å². The number of amides is 1. The van der Waals surface area contributed by atoms with Gasteiger partial charge in [-0.25, -0.2) is 9.59 Å². The number of esters is 1. The van der Waals surface area contributed by atoms with Gasteiger partial charge in [-0.1, -0.05) is 81.4 Å². The van der Waals surface area contributed by atoms with Gasteiger partial charge in [0.2, 0.25) is 0 Å². The molecular weight excluding hydrogens is 370 g/mol. The minimum atomic E-state index is -1.02. The number of rotatable bonds is 5. The van der Waals surface area contributed by atoms with E-state index in [4.69, 9.17) is 9.47 Å². The van der Waals surface area contributed by atoms with Crippen LogP contribution in [0.4, 0.5) is 4.79 Å². The van der Waals surface area contributed by atoms with Crippen molar-refractivity contribution in [3.8, 4) is 0 Å². The number of carbonyl (C=O) groups is 3. The van der Waals surface area contributed by atoms with Gasteiger partial charge in [-0.2, -0.15) is 0 Å². The van der Waals surface area contributed by atoms with Gasteiger partial charge in [0.25, 0.3) is 0 Å². The normalized spacial score (nSPS) is 19.0. The van der Waals surface area contributed by atoms with Crippen LogP contribution in [0.2, 0.25) is 0 Å². The van der Waals surface area contributed by atoms with Crippen molar-refractivity contribution in [1.29, 1.82) is 0 Å². The fourth-order valence-electron chi connectivity index (χ4n) is 3.23. The zero-order chi connectivity index (χ0) is 21.0. The Morgan fingerprint density at radius 2 is 1.59 bits per heavy atom. The van der Waals surface area contributed by atoms with Crippen molar-refractivity contribution in [2.24, 2.45) is 5.41 Å². The van der Waals surface area contributed by atoms with Crippen LogP contribution in [-0.4, -0.2) is 35.0 Å². The van der Waals surface area contributed by atoms with Crippen LogP contribution < -0.4 is 0 Å². The molecule has 3 rings (SSSR count). The first-order valence-corrected chi connectivity index (χ1v) is 9.55. The van der Waals surface area contributed by atoms with Gasteiger partial charge in [0.15, 0.2) is 12.0 Å². The van der Waals surface area contributed by atoms with Gasteiger partial charge in [0, 0.05) is 17.4 Å². The van der Waals surface area contributed by atoms with E-state index in [1.165, 1.54) is 4.90 Å². The van der Waals surface area contributed by atoms with Crippen molar-refractivity contribution in [2.75, 3.05) is 0 Å². The Morgan fingerprint density at radius 1 is 1.00 bits per heavy atom. The fourth-order valence-corrected chi connectivity index (χ4v) is 3.23. The molecule has 6 nitrogen and oxygen atoms in total. The van der Waals surface area contributed by atoms with E-state index in [9.17, 15) is 14.4 Å². The highest BCUT2D eigenvalue weighted by molar-refractivity contribution is 6.00. The van der Waals surface area contributed by atoms with E-state index in [0.717, 1.165) is 5.56 Å². The lowest BCUT2D eigenvalue weighted by Crippen LogP contribution is -2.48. The summed E-state index contributed by atoms with van der Waals surface area (Å²) in [6.45, 7) is 5.66. The average Bonchev–Trinajstić information content (AvgIpc) is 3.04. The molecule has 2 aromatic carbocycles. The van der Waals surface area contributed by atoms with Crippen LogP contribution >= 0.6 is 0 Å². The summed E-state index contributed by atoms with van der Waals surface area (Å²) in [5, 5.41) is 0. The summed E-state index contributed by atoms with van der Waals surface area (Å²) in [5.74, 6) is -0.825. The number of hydrogen-bond donors (Lipinski definition) is 0. The van der Waals surface area contributed by atoms with Crippen LogP contribution in [-0.2, 0) is 20.9 Å². The first-order valence-electron chi connectivity index (χ1n) is 9.55. The smallest absolute Gasteiger partial charge is 0.413 e. The monoisotopic (exact) mass is 395 g/mol. The lowest BCUT2D eigenvalue weighted by molar-refractivity contribution is -0.147. The molecule has 0 unspecified atom stereocenters. The summed E-state index contributed by atoms with van der Waals surface area (Å²) in [6, 6.07) is 16.9. The molecule has 1 aliphatic heterocycles. The largest absolute Gasteiger partial charge is 0.444 e. The number of cyclic esters (lactones) is 1. The van der Waals surface area contributed by atoms with Crippen molar-refractivity contribution in [1.82, 2.24) is 4.90 Å². The first kappa shape index (κ1) is 20.6. The minimum absolute atomic E-state index is 0.0700. The second-order valence-corrected chi connectivity index (χ2v) is 8.11. The van der Waals surface area contributed by atoms with Gasteiger partial charge in [0.05, 0.1) is 0 Å². The molecule has 1 amide bonds. The van der Waals surface area contributed by atoms with Gasteiger partial charge in [-0.05, 0) is 5.56 Å². The third-order valence-electron chi connectivity index (χ3n) is 4.72. The second-order valence-electron chi connectivity index (χ2n) is 8.11. The van der Waals surface area contributed by atoms with Crippen LogP contribution in [0, 0.1) is 5.41 Å². The molecule has 0 N–H and O–H groups in total. The topological polar surface area (TPSA) is 72.9 Å². The van der Waals surface area contributed by atoms with Crippen molar-refractivity contribution in [3.63, 3.8) is 0 Å². The fraction of sp³-hybridized carbons (Fsp3) is 0.348. The molecule has 0 spiro atoms. The van der Waals surface area contributed by atoms with Crippen molar-refractivity contribution >= 4 is 17.8 Å². The molecule has 0 radical (unpaired) electrons. The number of benzene rings is 2. The Morgan fingerprint density at radius 3 is 2.17 bits per heavy atom. The Balaban J connectivity index is 1.80. The molecule has 152 valence electrons. The number of nitrogens with zero attached hydrogens (tertiary/aromatic N) is 1. The Labute approximate surface area is 170 Å². The van der Waals surface area contributed by atoms with Crippen LogP contribution in [0.5, 0.6) is 0 Å². The van der Waals surface area contributed by atoms with Gasteiger partial charge in [-0.15, -0.1) is 0 Å². The number of ketones is 1. The number of ether oxygens (including phenoxy) is 2. The lowest BCUT2D eigenvalue weighted by atomic mass is 9.93. The van der Waals surface area contributed by atoms with Crippen molar-refractivity contribution in [3.05, 3.63) is 71.8 Å². The van der Waals surface area contributed by atoms with Crippen molar-refractivity contribution < 1.29 is 23.9 Å². The van der Waals surface area contributed by atoms with Crippen LogP contribution in [0.15, 0.2) is 60.7 Å². The van der Waals surface area contributed by atoms with Gasteiger partial charge >= 0.3 is 12.1 Å². The zero-order valence-electron chi connectivity index (χ0n) is 16.8. The molecule has 0 bridgehead atoms. The SMILES string of the molecule is CC(C)(C)[C@H]1OC(=O)[C@H](CC(=O)c2ccccc2)N1C(=O)OCc1ccccc1. The maximum atomic E-state index is 12.9. The summed E-state index contributed by atoms with van der Waals surface area (Å²) in [7, 11) is 0. The Kier molecular flexibility index (Phi) is 6.01. The van der Waals surface area contributed by atoms with Gasteiger partial charge < -0.3 is 9.47 Å². The Bertz CT molecular complexity index is 873. The van der Waals surface area contributed by atoms with Gasteiger partial charge in [0.1, 0.15) is 12.6 Å². The lowest BCUT2D eigenvalue weighted by Gasteiger charge is -2.33. The maximum Gasteiger partial charge on any atom is 0.413 e. The molecule has 2 aromatic rings. The predicted molar refractivity (Wildman–Crippen MR) is 107 cm³/mol. The molecule has 1 fully saturated rings. The van der Waals surface area contributed by atoms with Crippen LogP contribution in [0.3, 0.4) is 0 Å². The molecular formula is C23H25NO5. The van der Waals surface area contributed by atoms with E-state index >= 15 is 0 Å². The third-order valence-corrected chi connectivity index (χ3v) is 4.72. The molecule has 2 atom stereocenters. The van der Waals surface area contributed by atoms with Crippen LogP contribution in [0.25, 0.3) is 0 Å². The second kappa shape index (κ2) is 8.47. The molecule has 0 aliphatic carbocycles. The maximum absolute atomic E-state index is 12.9. The highest BCUT2D eigenvalue weighted by atomic mass is 16.6. The average molecular weight is 395 g/mol. The van der Waals surface area contributed by atoms with E-state index in [-0.39, 0.29) is 18.8 Å². The summed E-state index contributed by atoms with van der Waals surface area (Å²) in [4.78, 5) is 39.4. The first-order chi connectivity index (χ1) is 13.8. The van der Waals surface area contributed by atoms with E-state index in [0.29, 0.717) is 5.56 Å². The third kappa shape index (κ3) is 4.83. The summed E-state index contributed by atoms with van der Waals surface area (Å²) in [5.41, 5.74) is 0.778.